The molecule has 0 aromatic heterocycles. The van der Waals surface area contributed by atoms with E-state index in [0.29, 0.717) is 12.3 Å². The molecule has 1 aromatic rings. The van der Waals surface area contributed by atoms with Gasteiger partial charge in [0, 0.05) is 6.54 Å². The van der Waals surface area contributed by atoms with Crippen LogP contribution < -0.4 is 10.1 Å². The summed E-state index contributed by atoms with van der Waals surface area (Å²) in [7, 11) is 1.35. The fourth-order valence-corrected chi connectivity index (χ4v) is 1.34. The van der Waals surface area contributed by atoms with Crippen LogP contribution in [0.4, 0.5) is 0 Å². The maximum Gasteiger partial charge on any atom is 0.309 e. The van der Waals surface area contributed by atoms with Gasteiger partial charge in [0.05, 0.1) is 13.5 Å². The van der Waals surface area contributed by atoms with Gasteiger partial charge in [-0.1, -0.05) is 12.1 Å². The average molecular weight is 251 g/mol. The molecule has 5 nitrogen and oxygen atoms in total. The lowest BCUT2D eigenvalue weighted by Crippen LogP contribution is -2.28. The summed E-state index contributed by atoms with van der Waals surface area (Å²) in [5, 5.41) is 2.64. The smallest absolute Gasteiger partial charge is 0.309 e. The van der Waals surface area contributed by atoms with Gasteiger partial charge in [0.25, 0.3) is 5.91 Å². The number of carbonyl (C=O) groups is 2. The first-order valence-electron chi connectivity index (χ1n) is 5.71. The standard InChI is InChI=1S/C13H17NO4/c1-3-14-12(15)9-18-11-6-4-10(5-7-11)8-13(16)17-2/h4-7H,3,8-9H2,1-2H3,(H,14,15). The van der Waals surface area contributed by atoms with E-state index in [4.69, 9.17) is 4.74 Å². The van der Waals surface area contributed by atoms with Gasteiger partial charge < -0.3 is 14.8 Å². The number of amides is 1. The number of likely N-dealkylation sites (N-methyl/N-ethyl adjacent to an activating group) is 1. The minimum Gasteiger partial charge on any atom is -0.484 e. The zero-order valence-corrected chi connectivity index (χ0v) is 10.6. The zero-order valence-electron chi connectivity index (χ0n) is 10.6. The maximum atomic E-state index is 11.2. The summed E-state index contributed by atoms with van der Waals surface area (Å²) in [5.41, 5.74) is 0.840. The molecule has 0 aliphatic carbocycles. The Hall–Kier alpha value is -2.04. The number of carbonyl (C=O) groups excluding carboxylic acids is 2. The largest absolute Gasteiger partial charge is 0.484 e. The van der Waals surface area contributed by atoms with Crippen molar-refractivity contribution < 1.29 is 19.1 Å². The van der Waals surface area contributed by atoms with Crippen molar-refractivity contribution >= 4 is 11.9 Å². The van der Waals surface area contributed by atoms with Gasteiger partial charge >= 0.3 is 5.97 Å². The Bertz CT molecular complexity index is 400. The van der Waals surface area contributed by atoms with E-state index in [1.807, 2.05) is 6.92 Å². The van der Waals surface area contributed by atoms with Crippen LogP contribution in [0.1, 0.15) is 12.5 Å². The third-order valence-corrected chi connectivity index (χ3v) is 2.24. The molecule has 0 radical (unpaired) electrons. The summed E-state index contributed by atoms with van der Waals surface area (Å²) < 4.78 is 9.85. The summed E-state index contributed by atoms with van der Waals surface area (Å²) in [6.45, 7) is 2.42. The third-order valence-electron chi connectivity index (χ3n) is 2.24. The maximum absolute atomic E-state index is 11.2. The van der Waals surface area contributed by atoms with E-state index in [-0.39, 0.29) is 24.9 Å². The number of methoxy groups -OCH3 is 1. The van der Waals surface area contributed by atoms with Crippen LogP contribution in [-0.2, 0) is 20.7 Å². The minimum atomic E-state index is -0.286. The predicted molar refractivity (Wildman–Crippen MR) is 66.3 cm³/mol. The fourth-order valence-electron chi connectivity index (χ4n) is 1.34. The average Bonchev–Trinajstić information content (AvgIpc) is 2.38. The van der Waals surface area contributed by atoms with E-state index in [1.54, 1.807) is 24.3 Å². The quantitative estimate of drug-likeness (QED) is 0.763. The molecule has 0 atom stereocenters. The van der Waals surface area contributed by atoms with Crippen molar-refractivity contribution in [2.45, 2.75) is 13.3 Å². The molecule has 18 heavy (non-hydrogen) atoms. The van der Waals surface area contributed by atoms with E-state index in [0.717, 1.165) is 5.56 Å². The molecule has 1 rings (SSSR count). The number of hydrogen-bond acceptors (Lipinski definition) is 4. The summed E-state index contributed by atoms with van der Waals surface area (Å²) >= 11 is 0. The first-order valence-corrected chi connectivity index (χ1v) is 5.71. The first-order chi connectivity index (χ1) is 8.65. The van der Waals surface area contributed by atoms with Crippen LogP contribution >= 0.6 is 0 Å². The number of nitrogens with one attached hydrogen (secondary N) is 1. The van der Waals surface area contributed by atoms with Gasteiger partial charge in [-0.2, -0.15) is 0 Å². The molecule has 0 bridgehead atoms. The van der Waals surface area contributed by atoms with Crippen molar-refractivity contribution in [3.05, 3.63) is 29.8 Å². The highest BCUT2D eigenvalue weighted by Crippen LogP contribution is 2.12. The molecular formula is C13H17NO4. The number of esters is 1. The molecule has 0 spiro atoms. The van der Waals surface area contributed by atoms with E-state index >= 15 is 0 Å². The third kappa shape index (κ3) is 4.86. The fraction of sp³-hybridized carbons (Fsp3) is 0.385. The lowest BCUT2D eigenvalue weighted by molar-refractivity contribution is -0.139. The Morgan fingerprint density at radius 2 is 1.89 bits per heavy atom. The molecule has 1 N–H and O–H groups in total. The molecular weight excluding hydrogens is 234 g/mol. The zero-order chi connectivity index (χ0) is 13.4. The molecule has 0 saturated heterocycles. The van der Waals surface area contributed by atoms with Gasteiger partial charge in [-0.3, -0.25) is 9.59 Å². The number of rotatable bonds is 6. The van der Waals surface area contributed by atoms with Crippen LogP contribution in [0, 0.1) is 0 Å². The Morgan fingerprint density at radius 1 is 1.22 bits per heavy atom. The first kappa shape index (κ1) is 14.0. The normalized spacial score (nSPS) is 9.67. The van der Waals surface area contributed by atoms with Crippen molar-refractivity contribution in [3.8, 4) is 5.75 Å². The van der Waals surface area contributed by atoms with E-state index in [9.17, 15) is 9.59 Å². The van der Waals surface area contributed by atoms with E-state index in [2.05, 4.69) is 10.1 Å². The van der Waals surface area contributed by atoms with Gasteiger partial charge in [0.15, 0.2) is 6.61 Å². The molecule has 0 unspecified atom stereocenters. The van der Waals surface area contributed by atoms with Crippen LogP contribution in [0.15, 0.2) is 24.3 Å². The number of hydrogen-bond donors (Lipinski definition) is 1. The van der Waals surface area contributed by atoms with E-state index in [1.165, 1.54) is 7.11 Å². The lowest BCUT2D eigenvalue weighted by Gasteiger charge is -2.06. The van der Waals surface area contributed by atoms with Crippen molar-refractivity contribution in [2.75, 3.05) is 20.3 Å². The topological polar surface area (TPSA) is 64.6 Å². The van der Waals surface area contributed by atoms with Crippen LogP contribution in [0.25, 0.3) is 0 Å². The highest BCUT2D eigenvalue weighted by atomic mass is 16.5. The Kier molecular flexibility index (Phi) is 5.70. The van der Waals surface area contributed by atoms with Crippen LogP contribution in [0.5, 0.6) is 5.75 Å². The van der Waals surface area contributed by atoms with E-state index < -0.39 is 0 Å². The molecule has 0 aliphatic heterocycles. The Balaban J connectivity index is 2.45. The number of ether oxygens (including phenoxy) is 2. The van der Waals surface area contributed by atoms with Crippen LogP contribution in [-0.4, -0.2) is 32.1 Å². The highest BCUT2D eigenvalue weighted by molar-refractivity contribution is 5.77. The second kappa shape index (κ2) is 7.32. The summed E-state index contributed by atoms with van der Waals surface area (Å²) in [5.74, 6) is 0.150. The molecule has 5 heteroatoms. The van der Waals surface area contributed by atoms with Gasteiger partial charge in [-0.15, -0.1) is 0 Å². The molecule has 0 saturated carbocycles. The minimum absolute atomic E-state index is 0.00973. The highest BCUT2D eigenvalue weighted by Gasteiger charge is 2.04. The molecule has 1 aromatic carbocycles. The molecule has 98 valence electrons. The van der Waals surface area contributed by atoms with Gasteiger partial charge in [0.2, 0.25) is 0 Å². The second-order valence-electron chi connectivity index (χ2n) is 3.64. The monoisotopic (exact) mass is 251 g/mol. The lowest BCUT2D eigenvalue weighted by atomic mass is 10.1. The predicted octanol–water partition coefficient (Wildman–Crippen LogP) is 0.917. The van der Waals surface area contributed by atoms with Crippen molar-refractivity contribution in [2.24, 2.45) is 0 Å². The van der Waals surface area contributed by atoms with Crippen molar-refractivity contribution in [1.29, 1.82) is 0 Å². The molecule has 1 amide bonds. The van der Waals surface area contributed by atoms with Crippen LogP contribution in [0.2, 0.25) is 0 Å². The van der Waals surface area contributed by atoms with Gasteiger partial charge in [0.1, 0.15) is 5.75 Å². The molecule has 0 aliphatic rings. The second-order valence-corrected chi connectivity index (χ2v) is 3.64. The summed E-state index contributed by atoms with van der Waals surface area (Å²) in [6, 6.07) is 6.98. The summed E-state index contributed by atoms with van der Waals surface area (Å²) in [4.78, 5) is 22.2. The summed E-state index contributed by atoms with van der Waals surface area (Å²) in [6.07, 6.45) is 0.229. The van der Waals surface area contributed by atoms with Crippen LogP contribution in [0.3, 0.4) is 0 Å². The molecule has 0 fully saturated rings. The Morgan fingerprint density at radius 3 is 2.44 bits per heavy atom. The van der Waals surface area contributed by atoms with Crippen molar-refractivity contribution in [3.63, 3.8) is 0 Å². The number of benzene rings is 1. The SMILES string of the molecule is CCNC(=O)COc1ccc(CC(=O)OC)cc1. The Labute approximate surface area is 106 Å². The van der Waals surface area contributed by atoms with Crippen molar-refractivity contribution in [1.82, 2.24) is 5.32 Å². The molecule has 0 heterocycles. The van der Waals surface area contributed by atoms with Gasteiger partial charge in [-0.05, 0) is 24.6 Å². The van der Waals surface area contributed by atoms with Gasteiger partial charge in [-0.25, -0.2) is 0 Å².